The molecule has 0 unspecified atom stereocenters. The maximum absolute atomic E-state index is 12.8. The molecule has 0 radical (unpaired) electrons. The number of morpholine rings is 1. The first-order valence-corrected chi connectivity index (χ1v) is 9.18. The summed E-state index contributed by atoms with van der Waals surface area (Å²) >= 11 is 0. The first-order valence-electron chi connectivity index (χ1n) is 9.18. The highest BCUT2D eigenvalue weighted by Gasteiger charge is 2.36. The number of fused-ring (bicyclic) bond motifs is 1. The van der Waals surface area contributed by atoms with Gasteiger partial charge in [-0.15, -0.1) is 0 Å². The second-order valence-corrected chi connectivity index (χ2v) is 7.43. The molecule has 4 rings (SSSR count). The highest BCUT2D eigenvalue weighted by Crippen LogP contribution is 2.26. The van der Waals surface area contributed by atoms with Crippen molar-refractivity contribution in [1.82, 2.24) is 9.80 Å². The van der Waals surface area contributed by atoms with E-state index in [1.54, 1.807) is 6.26 Å². The zero-order valence-corrected chi connectivity index (χ0v) is 15.0. The number of carbonyl (C=O) groups excluding carboxylic acids is 1. The maximum atomic E-state index is 12.8. The van der Waals surface area contributed by atoms with Crippen LogP contribution in [0.4, 0.5) is 0 Å². The molecule has 0 saturated carbocycles. The van der Waals surface area contributed by atoms with Gasteiger partial charge in [0.25, 0.3) is 0 Å². The molecular formula is C20H26N2O3. The summed E-state index contributed by atoms with van der Waals surface area (Å²) in [4.78, 5) is 17.3. The normalized spacial score (nSPS) is 25.0. The summed E-state index contributed by atoms with van der Waals surface area (Å²) in [6, 6.07) is 6.60. The molecule has 2 fully saturated rings. The second kappa shape index (κ2) is 6.81. The molecule has 2 saturated heterocycles. The Morgan fingerprint density at radius 2 is 2.04 bits per heavy atom. The van der Waals surface area contributed by atoms with Crippen LogP contribution in [-0.4, -0.2) is 61.1 Å². The van der Waals surface area contributed by atoms with Crippen molar-refractivity contribution in [3.05, 3.63) is 35.6 Å². The Kier molecular flexibility index (Phi) is 4.52. The first kappa shape index (κ1) is 16.6. The lowest BCUT2D eigenvalue weighted by molar-refractivity contribution is -0.129. The number of carbonyl (C=O) groups is 1. The number of ether oxygens (including phenoxy) is 1. The van der Waals surface area contributed by atoms with Crippen molar-refractivity contribution < 1.29 is 13.9 Å². The van der Waals surface area contributed by atoms with Gasteiger partial charge in [0.15, 0.2) is 0 Å². The Labute approximate surface area is 148 Å². The van der Waals surface area contributed by atoms with Crippen LogP contribution in [0.15, 0.2) is 28.9 Å². The van der Waals surface area contributed by atoms with Crippen LogP contribution in [0.1, 0.15) is 18.1 Å². The molecule has 2 aliphatic heterocycles. The van der Waals surface area contributed by atoms with Crippen LogP contribution in [0.25, 0.3) is 11.0 Å². The van der Waals surface area contributed by atoms with Gasteiger partial charge in [0.05, 0.1) is 25.9 Å². The number of amides is 1. The molecule has 0 N–H and O–H groups in total. The highest BCUT2D eigenvalue weighted by atomic mass is 16.5. The summed E-state index contributed by atoms with van der Waals surface area (Å²) in [7, 11) is 0. The molecule has 25 heavy (non-hydrogen) atoms. The summed E-state index contributed by atoms with van der Waals surface area (Å²) in [6.45, 7) is 9.53. The van der Waals surface area contributed by atoms with E-state index in [0.29, 0.717) is 18.4 Å². The summed E-state index contributed by atoms with van der Waals surface area (Å²) in [6.07, 6.45) is 2.15. The van der Waals surface area contributed by atoms with Crippen LogP contribution >= 0.6 is 0 Å². The van der Waals surface area contributed by atoms with Crippen LogP contribution < -0.4 is 0 Å². The molecule has 5 nitrogen and oxygen atoms in total. The Bertz CT molecular complexity index is 763. The zero-order chi connectivity index (χ0) is 17.4. The van der Waals surface area contributed by atoms with Gasteiger partial charge in [-0.2, -0.15) is 0 Å². The average Bonchev–Trinajstić information content (AvgIpc) is 3.19. The van der Waals surface area contributed by atoms with Gasteiger partial charge in [0.1, 0.15) is 5.58 Å². The quantitative estimate of drug-likeness (QED) is 0.860. The third kappa shape index (κ3) is 3.31. The number of likely N-dealkylation sites (tertiary alicyclic amines) is 1. The van der Waals surface area contributed by atoms with E-state index < -0.39 is 0 Å². The van der Waals surface area contributed by atoms with Gasteiger partial charge in [0, 0.05) is 43.2 Å². The molecule has 0 bridgehead atoms. The van der Waals surface area contributed by atoms with Crippen molar-refractivity contribution in [2.24, 2.45) is 5.92 Å². The van der Waals surface area contributed by atoms with Crippen LogP contribution in [0.2, 0.25) is 0 Å². The fraction of sp³-hybridized carbons (Fsp3) is 0.550. The maximum Gasteiger partial charge on any atom is 0.227 e. The van der Waals surface area contributed by atoms with Crippen LogP contribution in [-0.2, 0) is 16.0 Å². The molecule has 1 aromatic carbocycles. The molecule has 0 aliphatic carbocycles. The lowest BCUT2D eigenvalue weighted by Crippen LogP contribution is -2.47. The molecule has 5 heteroatoms. The molecule has 2 aromatic rings. The van der Waals surface area contributed by atoms with Gasteiger partial charge in [-0.3, -0.25) is 9.69 Å². The van der Waals surface area contributed by atoms with E-state index in [4.69, 9.17) is 9.15 Å². The topological polar surface area (TPSA) is 45.9 Å². The SMILES string of the molecule is Cc1ccc2c(CC(=O)N3C[C@@H](N4CCOCC4)[C@@H](C)C3)coc2c1. The number of hydrogen-bond acceptors (Lipinski definition) is 4. The molecule has 2 aliphatic rings. The third-order valence-electron chi connectivity index (χ3n) is 5.59. The van der Waals surface area contributed by atoms with E-state index in [1.807, 2.05) is 17.9 Å². The largest absolute Gasteiger partial charge is 0.464 e. The van der Waals surface area contributed by atoms with E-state index in [-0.39, 0.29) is 5.91 Å². The minimum absolute atomic E-state index is 0.200. The van der Waals surface area contributed by atoms with Crippen LogP contribution in [0, 0.1) is 12.8 Å². The van der Waals surface area contributed by atoms with Crippen molar-refractivity contribution >= 4 is 16.9 Å². The van der Waals surface area contributed by atoms with Crippen molar-refractivity contribution in [2.45, 2.75) is 26.3 Å². The molecule has 2 atom stereocenters. The van der Waals surface area contributed by atoms with Crippen molar-refractivity contribution in [2.75, 3.05) is 39.4 Å². The van der Waals surface area contributed by atoms with Crippen molar-refractivity contribution in [3.63, 3.8) is 0 Å². The average molecular weight is 342 g/mol. The van der Waals surface area contributed by atoms with E-state index in [9.17, 15) is 4.79 Å². The predicted octanol–water partition coefficient (Wildman–Crippen LogP) is 2.46. The summed E-state index contributed by atoms with van der Waals surface area (Å²) < 4.78 is 11.1. The highest BCUT2D eigenvalue weighted by molar-refractivity contribution is 5.88. The van der Waals surface area contributed by atoms with Crippen LogP contribution in [0.3, 0.4) is 0 Å². The van der Waals surface area contributed by atoms with Gasteiger partial charge in [0.2, 0.25) is 5.91 Å². The summed E-state index contributed by atoms with van der Waals surface area (Å²) in [5, 5.41) is 1.05. The molecule has 0 spiro atoms. The fourth-order valence-corrected chi connectivity index (χ4v) is 4.14. The first-order chi connectivity index (χ1) is 12.1. The lowest BCUT2D eigenvalue weighted by atomic mass is 10.0. The minimum Gasteiger partial charge on any atom is -0.464 e. The Morgan fingerprint density at radius 1 is 1.24 bits per heavy atom. The fourth-order valence-electron chi connectivity index (χ4n) is 4.14. The molecule has 134 valence electrons. The number of hydrogen-bond donors (Lipinski definition) is 0. The van der Waals surface area contributed by atoms with Gasteiger partial charge in [-0.1, -0.05) is 19.1 Å². The Morgan fingerprint density at radius 3 is 2.84 bits per heavy atom. The Hall–Kier alpha value is -1.85. The monoisotopic (exact) mass is 342 g/mol. The summed E-state index contributed by atoms with van der Waals surface area (Å²) in [5.74, 6) is 0.705. The Balaban J connectivity index is 1.44. The molecule has 1 aromatic heterocycles. The van der Waals surface area contributed by atoms with Gasteiger partial charge < -0.3 is 14.1 Å². The third-order valence-corrected chi connectivity index (χ3v) is 5.59. The van der Waals surface area contributed by atoms with Gasteiger partial charge in [-0.05, 0) is 24.5 Å². The molecule has 3 heterocycles. The smallest absolute Gasteiger partial charge is 0.227 e. The van der Waals surface area contributed by atoms with Gasteiger partial charge >= 0.3 is 0 Å². The number of furan rings is 1. The number of rotatable bonds is 3. The standard InChI is InChI=1S/C20H26N2O3/c1-14-3-4-17-16(13-25-19(17)9-14)10-20(23)22-11-15(2)18(12-22)21-5-7-24-8-6-21/h3-4,9,13,15,18H,5-8,10-12H2,1-2H3/t15-,18+/m0/s1. The van der Waals surface area contributed by atoms with Crippen LogP contribution in [0.5, 0.6) is 0 Å². The lowest BCUT2D eigenvalue weighted by Gasteiger charge is -2.33. The van der Waals surface area contributed by atoms with E-state index >= 15 is 0 Å². The van der Waals surface area contributed by atoms with Gasteiger partial charge in [-0.25, -0.2) is 0 Å². The van der Waals surface area contributed by atoms with Crippen molar-refractivity contribution in [1.29, 1.82) is 0 Å². The number of nitrogens with zero attached hydrogens (tertiary/aromatic N) is 2. The number of aryl methyl sites for hydroxylation is 1. The molecular weight excluding hydrogens is 316 g/mol. The zero-order valence-electron chi connectivity index (χ0n) is 15.0. The second-order valence-electron chi connectivity index (χ2n) is 7.43. The predicted molar refractivity (Wildman–Crippen MR) is 96.6 cm³/mol. The van der Waals surface area contributed by atoms with E-state index in [1.165, 1.54) is 5.56 Å². The summed E-state index contributed by atoms with van der Waals surface area (Å²) in [5.41, 5.74) is 3.02. The van der Waals surface area contributed by atoms with Crippen molar-refractivity contribution in [3.8, 4) is 0 Å². The minimum atomic E-state index is 0.200. The van der Waals surface area contributed by atoms with E-state index in [2.05, 4.69) is 24.0 Å². The van der Waals surface area contributed by atoms with E-state index in [0.717, 1.165) is 55.9 Å². The molecule has 1 amide bonds. The number of benzene rings is 1.